The van der Waals surface area contributed by atoms with Crippen molar-refractivity contribution in [1.82, 2.24) is 0 Å². The third kappa shape index (κ3) is 2.09. The minimum absolute atomic E-state index is 0.0490. The van der Waals surface area contributed by atoms with E-state index in [9.17, 15) is 9.90 Å². The molecule has 0 heterocycles. The quantitative estimate of drug-likeness (QED) is 0.687. The number of ketones is 1. The third-order valence-electron chi connectivity index (χ3n) is 1.70. The summed E-state index contributed by atoms with van der Waals surface area (Å²) in [6, 6.07) is 2.98. The molecule has 14 heavy (non-hydrogen) atoms. The molecule has 1 aromatic rings. The molecule has 0 amide bonds. The van der Waals surface area contributed by atoms with Crippen molar-refractivity contribution in [1.29, 1.82) is 0 Å². The average Bonchev–Trinajstić information content (AvgIpc) is 2.20. The van der Waals surface area contributed by atoms with Gasteiger partial charge in [0.1, 0.15) is 16.0 Å². The van der Waals surface area contributed by atoms with Crippen LogP contribution in [0.3, 0.4) is 0 Å². The van der Waals surface area contributed by atoms with Crippen molar-refractivity contribution < 1.29 is 14.6 Å². The zero-order valence-corrected chi connectivity index (χ0v) is 10.6. The van der Waals surface area contributed by atoms with E-state index in [0.29, 0.717) is 15.8 Å². The number of phenols is 1. The van der Waals surface area contributed by atoms with E-state index >= 15 is 0 Å². The molecule has 0 aliphatic heterocycles. The predicted octanol–water partition coefficient (Wildman–Crippen LogP) is 2.74. The lowest BCUT2D eigenvalue weighted by Crippen LogP contribution is -2.03. The summed E-state index contributed by atoms with van der Waals surface area (Å²) in [4.78, 5) is 11.4. The summed E-state index contributed by atoms with van der Waals surface area (Å²) in [6.45, 7) is 0. The van der Waals surface area contributed by atoms with Crippen LogP contribution in [-0.2, 0) is 0 Å². The van der Waals surface area contributed by atoms with Crippen LogP contribution in [0.1, 0.15) is 10.4 Å². The first kappa shape index (κ1) is 11.5. The number of hydrogen-bond acceptors (Lipinski definition) is 3. The zero-order valence-electron chi connectivity index (χ0n) is 7.38. The summed E-state index contributed by atoms with van der Waals surface area (Å²) in [7, 11) is 1.45. The lowest BCUT2D eigenvalue weighted by molar-refractivity contribution is 0.102. The number of phenolic OH excluding ortho intramolecular Hbond substituents is 1. The number of alkyl halides is 1. The van der Waals surface area contributed by atoms with E-state index in [1.165, 1.54) is 19.2 Å². The second-order valence-corrected chi connectivity index (χ2v) is 3.89. The van der Waals surface area contributed by atoms with Crippen LogP contribution in [0.2, 0.25) is 0 Å². The van der Waals surface area contributed by atoms with Crippen LogP contribution in [0, 0.1) is 0 Å². The standard InChI is InChI=1S/C9H8Br2O3/c1-14-9-5(7(13)4-10)2-3-6(12)8(9)11/h2-3,12H,4H2,1H3. The molecule has 1 N–H and O–H groups in total. The van der Waals surface area contributed by atoms with Crippen molar-refractivity contribution in [2.45, 2.75) is 0 Å². The molecule has 0 fully saturated rings. The Bertz CT molecular complexity index is 363. The van der Waals surface area contributed by atoms with Crippen LogP contribution in [0.15, 0.2) is 16.6 Å². The molecular weight excluding hydrogens is 316 g/mol. The fourth-order valence-electron chi connectivity index (χ4n) is 1.04. The van der Waals surface area contributed by atoms with Crippen molar-refractivity contribution in [2.75, 3.05) is 12.4 Å². The van der Waals surface area contributed by atoms with Crippen LogP contribution in [0.4, 0.5) is 0 Å². The van der Waals surface area contributed by atoms with Gasteiger partial charge in [0.15, 0.2) is 5.78 Å². The molecule has 5 heteroatoms. The SMILES string of the molecule is COc1c(C(=O)CBr)ccc(O)c1Br. The van der Waals surface area contributed by atoms with E-state index in [1.807, 2.05) is 0 Å². The normalized spacial score (nSPS) is 9.93. The first-order valence-electron chi connectivity index (χ1n) is 3.76. The lowest BCUT2D eigenvalue weighted by Gasteiger charge is -2.09. The molecule has 0 saturated carbocycles. The van der Waals surface area contributed by atoms with Crippen molar-refractivity contribution in [3.63, 3.8) is 0 Å². The minimum Gasteiger partial charge on any atom is -0.507 e. The van der Waals surface area contributed by atoms with Crippen molar-refractivity contribution in [3.05, 3.63) is 22.2 Å². The van der Waals surface area contributed by atoms with E-state index in [4.69, 9.17) is 4.74 Å². The Morgan fingerprint density at radius 3 is 2.71 bits per heavy atom. The Labute approximate surface area is 98.3 Å². The number of carbonyl (C=O) groups excluding carboxylic acids is 1. The van der Waals surface area contributed by atoms with E-state index in [0.717, 1.165) is 0 Å². The topological polar surface area (TPSA) is 46.5 Å². The number of Topliss-reactive ketones (excluding diaryl/α,β-unsaturated/α-hetero) is 1. The molecule has 3 nitrogen and oxygen atoms in total. The monoisotopic (exact) mass is 322 g/mol. The van der Waals surface area contributed by atoms with Gasteiger partial charge in [-0.1, -0.05) is 15.9 Å². The fraction of sp³-hybridized carbons (Fsp3) is 0.222. The predicted molar refractivity (Wildman–Crippen MR) is 60.5 cm³/mol. The first-order chi connectivity index (χ1) is 6.61. The summed E-state index contributed by atoms with van der Waals surface area (Å²) < 4.78 is 5.43. The Hall–Kier alpha value is -0.550. The highest BCUT2D eigenvalue weighted by atomic mass is 79.9. The molecule has 0 aromatic heterocycles. The number of aromatic hydroxyl groups is 1. The fourth-order valence-corrected chi connectivity index (χ4v) is 1.85. The van der Waals surface area contributed by atoms with Gasteiger partial charge in [0.2, 0.25) is 0 Å². The Kier molecular flexibility index (Phi) is 3.95. The van der Waals surface area contributed by atoms with Gasteiger partial charge < -0.3 is 9.84 Å². The highest BCUT2D eigenvalue weighted by molar-refractivity contribution is 9.10. The molecule has 1 rings (SSSR count). The van der Waals surface area contributed by atoms with Gasteiger partial charge in [-0.05, 0) is 28.1 Å². The van der Waals surface area contributed by atoms with Crippen LogP contribution in [0.25, 0.3) is 0 Å². The Morgan fingerprint density at radius 2 is 2.21 bits per heavy atom. The lowest BCUT2D eigenvalue weighted by atomic mass is 10.1. The number of hydrogen-bond donors (Lipinski definition) is 1. The number of benzene rings is 1. The Morgan fingerprint density at radius 1 is 1.57 bits per heavy atom. The van der Waals surface area contributed by atoms with E-state index in [-0.39, 0.29) is 16.9 Å². The number of ether oxygens (including phenoxy) is 1. The number of rotatable bonds is 3. The van der Waals surface area contributed by atoms with Gasteiger partial charge in [0.05, 0.1) is 18.0 Å². The summed E-state index contributed by atoms with van der Waals surface area (Å²) in [5, 5.41) is 9.58. The van der Waals surface area contributed by atoms with Crippen LogP contribution >= 0.6 is 31.9 Å². The molecule has 0 saturated heterocycles. The van der Waals surface area contributed by atoms with E-state index in [1.54, 1.807) is 0 Å². The smallest absolute Gasteiger partial charge is 0.177 e. The molecule has 76 valence electrons. The summed E-state index contributed by atoms with van der Waals surface area (Å²) in [6.07, 6.45) is 0. The van der Waals surface area contributed by atoms with Crippen molar-refractivity contribution >= 4 is 37.6 Å². The number of halogens is 2. The maximum atomic E-state index is 11.4. The molecule has 0 radical (unpaired) electrons. The van der Waals surface area contributed by atoms with Gasteiger partial charge >= 0.3 is 0 Å². The van der Waals surface area contributed by atoms with Crippen molar-refractivity contribution in [2.24, 2.45) is 0 Å². The molecule has 0 aliphatic carbocycles. The molecule has 0 unspecified atom stereocenters. The molecule has 0 bridgehead atoms. The second kappa shape index (κ2) is 4.79. The summed E-state index contributed by atoms with van der Waals surface area (Å²) in [5.41, 5.74) is 0.439. The molecule has 0 atom stereocenters. The van der Waals surface area contributed by atoms with Crippen molar-refractivity contribution in [3.8, 4) is 11.5 Å². The van der Waals surface area contributed by atoms with Gasteiger partial charge in [-0.3, -0.25) is 4.79 Å². The van der Waals surface area contributed by atoms with Gasteiger partial charge in [0.25, 0.3) is 0 Å². The van der Waals surface area contributed by atoms with Gasteiger partial charge in [0, 0.05) is 0 Å². The summed E-state index contributed by atoms with van der Waals surface area (Å²) >= 11 is 6.22. The highest BCUT2D eigenvalue weighted by Gasteiger charge is 2.16. The number of carbonyl (C=O) groups is 1. The van der Waals surface area contributed by atoms with E-state index in [2.05, 4.69) is 31.9 Å². The minimum atomic E-state index is -0.0949. The zero-order chi connectivity index (χ0) is 10.7. The molecule has 1 aromatic carbocycles. The second-order valence-electron chi connectivity index (χ2n) is 2.54. The number of methoxy groups -OCH3 is 1. The maximum absolute atomic E-state index is 11.4. The molecular formula is C9H8Br2O3. The van der Waals surface area contributed by atoms with E-state index < -0.39 is 0 Å². The highest BCUT2D eigenvalue weighted by Crippen LogP contribution is 2.36. The largest absolute Gasteiger partial charge is 0.507 e. The molecule has 0 aliphatic rings. The molecule has 0 spiro atoms. The van der Waals surface area contributed by atoms with Gasteiger partial charge in [-0.15, -0.1) is 0 Å². The Balaban J connectivity index is 3.31. The first-order valence-corrected chi connectivity index (χ1v) is 5.68. The van der Waals surface area contributed by atoms with Gasteiger partial charge in [-0.2, -0.15) is 0 Å². The van der Waals surface area contributed by atoms with Crippen LogP contribution in [0.5, 0.6) is 11.5 Å². The average molecular weight is 324 g/mol. The third-order valence-corrected chi connectivity index (χ3v) is 2.98. The van der Waals surface area contributed by atoms with Crippen LogP contribution in [-0.4, -0.2) is 23.3 Å². The summed E-state index contributed by atoms with van der Waals surface area (Å²) in [5.74, 6) is 0.310. The van der Waals surface area contributed by atoms with Gasteiger partial charge in [-0.25, -0.2) is 0 Å². The maximum Gasteiger partial charge on any atom is 0.177 e. The van der Waals surface area contributed by atoms with Crippen LogP contribution < -0.4 is 4.74 Å².